The minimum absolute atomic E-state index is 0.183. The Labute approximate surface area is 120 Å². The molecule has 0 saturated carbocycles. The van der Waals surface area contributed by atoms with Crippen molar-refractivity contribution in [1.82, 2.24) is 14.1 Å². The first-order valence-electron chi connectivity index (χ1n) is 6.04. The zero-order valence-corrected chi connectivity index (χ0v) is 12.4. The molecule has 106 valence electrons. The van der Waals surface area contributed by atoms with E-state index in [-0.39, 0.29) is 11.6 Å². The molecule has 0 amide bonds. The molecule has 0 spiro atoms. The summed E-state index contributed by atoms with van der Waals surface area (Å²) in [5.74, 6) is 0. The van der Waals surface area contributed by atoms with Crippen molar-refractivity contribution in [1.29, 1.82) is 0 Å². The molecule has 0 aromatic carbocycles. The van der Waals surface area contributed by atoms with Crippen molar-refractivity contribution < 1.29 is 8.42 Å². The second-order valence-corrected chi connectivity index (χ2v) is 7.64. The summed E-state index contributed by atoms with van der Waals surface area (Å²) in [6.07, 6.45) is 1.17. The van der Waals surface area contributed by atoms with Crippen LogP contribution < -0.4 is 5.56 Å². The summed E-state index contributed by atoms with van der Waals surface area (Å²) in [4.78, 5) is 12.9. The van der Waals surface area contributed by atoms with Gasteiger partial charge in [-0.2, -0.15) is 9.40 Å². The minimum atomic E-state index is -3.18. The summed E-state index contributed by atoms with van der Waals surface area (Å²) in [6.45, 7) is 0.610. The molecule has 1 aliphatic heterocycles. The van der Waals surface area contributed by atoms with Crippen LogP contribution in [0.2, 0.25) is 0 Å². The van der Waals surface area contributed by atoms with Crippen LogP contribution in [0, 0.1) is 0 Å². The first-order chi connectivity index (χ1) is 9.45. The summed E-state index contributed by atoms with van der Waals surface area (Å²) in [5.41, 5.74) is 0.529. The van der Waals surface area contributed by atoms with E-state index >= 15 is 0 Å². The molecule has 3 heterocycles. The van der Waals surface area contributed by atoms with Gasteiger partial charge in [-0.3, -0.25) is 4.79 Å². The van der Waals surface area contributed by atoms with Crippen molar-refractivity contribution in [3.8, 4) is 10.6 Å². The predicted molar refractivity (Wildman–Crippen MR) is 77.3 cm³/mol. The van der Waals surface area contributed by atoms with Crippen molar-refractivity contribution >= 4 is 21.4 Å². The lowest BCUT2D eigenvalue weighted by Crippen LogP contribution is -2.52. The van der Waals surface area contributed by atoms with Crippen molar-refractivity contribution in [3.05, 3.63) is 40.0 Å². The molecule has 0 N–H and O–H groups in total. The summed E-state index contributed by atoms with van der Waals surface area (Å²) in [7, 11) is -3.18. The van der Waals surface area contributed by atoms with E-state index in [9.17, 15) is 13.2 Å². The second kappa shape index (κ2) is 4.80. The van der Waals surface area contributed by atoms with Crippen LogP contribution in [0.3, 0.4) is 0 Å². The van der Waals surface area contributed by atoms with Gasteiger partial charge in [0.2, 0.25) is 10.0 Å². The van der Waals surface area contributed by atoms with Crippen molar-refractivity contribution in [3.63, 3.8) is 0 Å². The average Bonchev–Trinajstić information content (AvgIpc) is 2.81. The molecule has 0 aliphatic carbocycles. The van der Waals surface area contributed by atoms with E-state index in [2.05, 4.69) is 5.10 Å². The molecule has 0 atom stereocenters. The lowest BCUT2D eigenvalue weighted by atomic mass is 10.2. The first-order valence-corrected chi connectivity index (χ1v) is 8.77. The molecule has 2 aromatic rings. The fraction of sp³-hybridized carbons (Fsp3) is 0.333. The highest BCUT2D eigenvalue weighted by Crippen LogP contribution is 2.24. The molecule has 6 nitrogen and oxygen atoms in total. The van der Waals surface area contributed by atoms with Crippen molar-refractivity contribution in [2.45, 2.75) is 6.04 Å². The van der Waals surface area contributed by atoms with Gasteiger partial charge in [-0.05, 0) is 17.5 Å². The molecule has 1 aliphatic rings. The van der Waals surface area contributed by atoms with E-state index in [4.69, 9.17) is 0 Å². The second-order valence-electron chi connectivity index (χ2n) is 4.71. The Bertz CT molecular complexity index is 775. The van der Waals surface area contributed by atoms with Gasteiger partial charge in [0.25, 0.3) is 5.56 Å². The van der Waals surface area contributed by atoms with Crippen LogP contribution in [0.5, 0.6) is 0 Å². The number of sulfonamides is 1. The summed E-state index contributed by atoms with van der Waals surface area (Å²) in [6, 6.07) is 6.84. The van der Waals surface area contributed by atoms with E-state index in [0.29, 0.717) is 13.1 Å². The number of hydrogen-bond donors (Lipinski definition) is 0. The zero-order valence-electron chi connectivity index (χ0n) is 10.8. The first kappa shape index (κ1) is 13.5. The predicted octanol–water partition coefficient (Wildman–Crippen LogP) is 0.788. The van der Waals surface area contributed by atoms with Gasteiger partial charge in [0.1, 0.15) is 5.69 Å². The van der Waals surface area contributed by atoms with Crippen molar-refractivity contribution in [2.75, 3.05) is 19.3 Å². The Balaban J connectivity index is 1.88. The fourth-order valence-electron chi connectivity index (χ4n) is 2.08. The molecule has 20 heavy (non-hydrogen) atoms. The third kappa shape index (κ3) is 2.41. The normalized spacial score (nSPS) is 17.1. The zero-order chi connectivity index (χ0) is 14.3. The molecule has 1 fully saturated rings. The van der Waals surface area contributed by atoms with E-state index < -0.39 is 10.0 Å². The van der Waals surface area contributed by atoms with Gasteiger partial charge >= 0.3 is 0 Å². The number of thiophene rings is 1. The Kier molecular flexibility index (Phi) is 3.23. The van der Waals surface area contributed by atoms with Crippen LogP contribution >= 0.6 is 11.3 Å². The number of rotatable bonds is 3. The highest BCUT2D eigenvalue weighted by molar-refractivity contribution is 7.88. The number of aromatic nitrogens is 2. The lowest BCUT2D eigenvalue weighted by molar-refractivity contribution is 0.187. The Hall–Kier alpha value is -1.51. The van der Waals surface area contributed by atoms with Crippen LogP contribution in [0.4, 0.5) is 0 Å². The lowest BCUT2D eigenvalue weighted by Gasteiger charge is -2.37. The molecule has 1 saturated heterocycles. The summed E-state index contributed by atoms with van der Waals surface area (Å²) >= 11 is 1.55. The van der Waals surface area contributed by atoms with Crippen LogP contribution in [0.25, 0.3) is 10.6 Å². The molecule has 0 bridgehead atoms. The summed E-state index contributed by atoms with van der Waals surface area (Å²) < 4.78 is 25.4. The minimum Gasteiger partial charge on any atom is -0.268 e. The average molecular weight is 311 g/mol. The third-order valence-electron chi connectivity index (χ3n) is 3.24. The van der Waals surface area contributed by atoms with Gasteiger partial charge in [-0.25, -0.2) is 13.1 Å². The maximum absolute atomic E-state index is 11.9. The fourth-order valence-corrected chi connectivity index (χ4v) is 3.66. The van der Waals surface area contributed by atoms with Crippen LogP contribution in [0.15, 0.2) is 34.4 Å². The molecular weight excluding hydrogens is 298 g/mol. The largest absolute Gasteiger partial charge is 0.268 e. The van der Waals surface area contributed by atoms with E-state index in [1.54, 1.807) is 17.4 Å². The number of hydrogen-bond acceptors (Lipinski definition) is 5. The van der Waals surface area contributed by atoms with Crippen molar-refractivity contribution in [2.24, 2.45) is 0 Å². The van der Waals surface area contributed by atoms with E-state index in [1.165, 1.54) is 21.3 Å². The molecule has 2 aromatic heterocycles. The molecule has 0 unspecified atom stereocenters. The Morgan fingerprint density at radius 3 is 2.65 bits per heavy atom. The van der Waals surface area contributed by atoms with Crippen LogP contribution in [0.1, 0.15) is 6.04 Å². The van der Waals surface area contributed by atoms with Gasteiger partial charge in [0, 0.05) is 19.2 Å². The number of nitrogens with zero attached hydrogens (tertiary/aromatic N) is 3. The van der Waals surface area contributed by atoms with E-state index in [1.807, 2.05) is 17.5 Å². The standard InChI is InChI=1S/C12H13N3O3S2/c1-20(17,18)14-7-9(8-14)15-12(16)5-4-10(13-15)11-3-2-6-19-11/h2-6,9H,7-8H2,1H3. The Morgan fingerprint density at radius 2 is 2.05 bits per heavy atom. The monoisotopic (exact) mass is 311 g/mol. The highest BCUT2D eigenvalue weighted by Gasteiger charge is 2.35. The maximum atomic E-state index is 11.9. The van der Waals surface area contributed by atoms with Gasteiger partial charge in [0.15, 0.2) is 0 Å². The quantitative estimate of drug-likeness (QED) is 0.840. The Morgan fingerprint density at radius 1 is 1.30 bits per heavy atom. The van der Waals surface area contributed by atoms with Gasteiger partial charge in [-0.15, -0.1) is 11.3 Å². The van der Waals surface area contributed by atoms with Gasteiger partial charge < -0.3 is 0 Å². The highest BCUT2D eigenvalue weighted by atomic mass is 32.2. The van der Waals surface area contributed by atoms with Crippen LogP contribution in [-0.2, 0) is 10.0 Å². The molecule has 3 rings (SSSR count). The topological polar surface area (TPSA) is 72.3 Å². The van der Waals surface area contributed by atoms with Gasteiger partial charge in [0.05, 0.1) is 17.2 Å². The smallest absolute Gasteiger partial charge is 0.267 e. The van der Waals surface area contributed by atoms with Crippen LogP contribution in [-0.4, -0.2) is 41.8 Å². The molecule has 0 radical (unpaired) electrons. The van der Waals surface area contributed by atoms with E-state index in [0.717, 1.165) is 10.6 Å². The third-order valence-corrected chi connectivity index (χ3v) is 5.37. The maximum Gasteiger partial charge on any atom is 0.267 e. The van der Waals surface area contributed by atoms with Gasteiger partial charge in [-0.1, -0.05) is 6.07 Å². The molecule has 8 heteroatoms. The SMILES string of the molecule is CS(=O)(=O)N1CC(n2nc(-c3cccs3)ccc2=O)C1. The molecular formula is C12H13N3O3S2. The summed E-state index contributed by atoms with van der Waals surface area (Å²) in [5, 5.41) is 6.29.